The third-order valence-corrected chi connectivity index (χ3v) is 3.43. The number of hydrogen-bond acceptors (Lipinski definition) is 3. The first-order valence-electron chi connectivity index (χ1n) is 6.49. The fraction of sp³-hybridized carbons (Fsp3) is 0.250. The van der Waals surface area contributed by atoms with Crippen LogP contribution >= 0.6 is 0 Å². The predicted molar refractivity (Wildman–Crippen MR) is 72.8 cm³/mol. The molecule has 3 rings (SSSR count). The molecule has 96 valence electrons. The standard InChI is InChI=1S/C16H15NO2/c1-11(18)13-7-8-17-16(10-13)19-15-6-5-12-3-2-4-14(12)9-15/h5-10H,2-4H2,1H3. The first-order valence-corrected chi connectivity index (χ1v) is 6.49. The van der Waals surface area contributed by atoms with Gasteiger partial charge in [0.25, 0.3) is 0 Å². The Morgan fingerprint density at radius 1 is 1.16 bits per heavy atom. The Morgan fingerprint density at radius 2 is 2.00 bits per heavy atom. The van der Waals surface area contributed by atoms with E-state index in [1.165, 1.54) is 24.5 Å². The summed E-state index contributed by atoms with van der Waals surface area (Å²) in [4.78, 5) is 15.5. The lowest BCUT2D eigenvalue weighted by Crippen LogP contribution is -1.95. The number of nitrogens with zero attached hydrogens (tertiary/aromatic N) is 1. The van der Waals surface area contributed by atoms with Gasteiger partial charge in [-0.05, 0) is 55.5 Å². The Kier molecular flexibility index (Phi) is 3.03. The molecule has 0 atom stereocenters. The second kappa shape index (κ2) is 4.84. The van der Waals surface area contributed by atoms with Crippen molar-refractivity contribution in [2.75, 3.05) is 0 Å². The van der Waals surface area contributed by atoms with Crippen LogP contribution < -0.4 is 4.74 Å². The van der Waals surface area contributed by atoms with Gasteiger partial charge in [0.2, 0.25) is 5.88 Å². The number of Topliss-reactive ketones (excluding diaryl/α,β-unsaturated/α-hetero) is 1. The molecule has 3 nitrogen and oxygen atoms in total. The molecular weight excluding hydrogens is 238 g/mol. The fourth-order valence-corrected chi connectivity index (χ4v) is 2.42. The minimum absolute atomic E-state index is 0.0150. The molecule has 0 unspecified atom stereocenters. The molecule has 3 heteroatoms. The van der Waals surface area contributed by atoms with E-state index in [0.29, 0.717) is 11.4 Å². The second-order valence-corrected chi connectivity index (χ2v) is 4.83. The molecule has 0 N–H and O–H groups in total. The SMILES string of the molecule is CC(=O)c1ccnc(Oc2ccc3c(c2)CCC3)c1. The summed E-state index contributed by atoms with van der Waals surface area (Å²) in [6.07, 6.45) is 5.09. The van der Waals surface area contributed by atoms with E-state index >= 15 is 0 Å². The average Bonchev–Trinajstić information content (AvgIpc) is 2.86. The molecule has 1 heterocycles. The Bertz CT molecular complexity index is 634. The first kappa shape index (κ1) is 11.9. The monoisotopic (exact) mass is 253 g/mol. The molecule has 0 bridgehead atoms. The molecule has 0 radical (unpaired) electrons. The van der Waals surface area contributed by atoms with E-state index in [4.69, 9.17) is 4.74 Å². The van der Waals surface area contributed by atoms with E-state index in [9.17, 15) is 4.79 Å². The van der Waals surface area contributed by atoms with Gasteiger partial charge >= 0.3 is 0 Å². The van der Waals surface area contributed by atoms with Gasteiger partial charge in [0.05, 0.1) is 0 Å². The highest BCUT2D eigenvalue weighted by atomic mass is 16.5. The molecule has 0 aliphatic heterocycles. The lowest BCUT2D eigenvalue weighted by molar-refractivity contribution is 0.101. The zero-order chi connectivity index (χ0) is 13.2. The zero-order valence-corrected chi connectivity index (χ0v) is 10.8. The van der Waals surface area contributed by atoms with Crippen LogP contribution in [0.5, 0.6) is 11.6 Å². The lowest BCUT2D eigenvalue weighted by Gasteiger charge is -2.07. The topological polar surface area (TPSA) is 39.2 Å². The van der Waals surface area contributed by atoms with Crippen molar-refractivity contribution in [2.24, 2.45) is 0 Å². The molecule has 0 amide bonds. The third kappa shape index (κ3) is 2.50. The number of pyridine rings is 1. The number of ketones is 1. The second-order valence-electron chi connectivity index (χ2n) is 4.83. The molecule has 0 saturated heterocycles. The smallest absolute Gasteiger partial charge is 0.219 e. The summed E-state index contributed by atoms with van der Waals surface area (Å²) < 4.78 is 5.73. The van der Waals surface area contributed by atoms with Gasteiger partial charge in [0, 0.05) is 17.8 Å². The van der Waals surface area contributed by atoms with Crippen LogP contribution in [0.25, 0.3) is 0 Å². The molecule has 1 aromatic carbocycles. The van der Waals surface area contributed by atoms with Gasteiger partial charge in [-0.1, -0.05) is 6.07 Å². The highest BCUT2D eigenvalue weighted by Gasteiger charge is 2.12. The number of benzene rings is 1. The van der Waals surface area contributed by atoms with E-state index in [1.807, 2.05) is 6.07 Å². The molecule has 0 fully saturated rings. The third-order valence-electron chi connectivity index (χ3n) is 3.43. The minimum atomic E-state index is 0.0150. The number of aryl methyl sites for hydroxylation is 2. The summed E-state index contributed by atoms with van der Waals surface area (Å²) in [6, 6.07) is 9.52. The Hall–Kier alpha value is -2.16. The molecular formula is C16H15NO2. The van der Waals surface area contributed by atoms with Crippen LogP contribution in [0.15, 0.2) is 36.5 Å². The van der Waals surface area contributed by atoms with Crippen molar-refractivity contribution in [1.29, 1.82) is 0 Å². The maximum absolute atomic E-state index is 11.3. The van der Waals surface area contributed by atoms with Crippen LogP contribution in [0.2, 0.25) is 0 Å². The molecule has 0 spiro atoms. The number of fused-ring (bicyclic) bond motifs is 1. The van der Waals surface area contributed by atoms with E-state index in [0.717, 1.165) is 18.6 Å². The largest absolute Gasteiger partial charge is 0.439 e. The van der Waals surface area contributed by atoms with Crippen LogP contribution in [-0.4, -0.2) is 10.8 Å². The van der Waals surface area contributed by atoms with E-state index in [-0.39, 0.29) is 5.78 Å². The molecule has 1 aromatic heterocycles. The minimum Gasteiger partial charge on any atom is -0.439 e. The number of carbonyl (C=O) groups is 1. The predicted octanol–water partition coefficient (Wildman–Crippen LogP) is 3.57. The number of carbonyl (C=O) groups excluding carboxylic acids is 1. The Balaban J connectivity index is 1.85. The van der Waals surface area contributed by atoms with Crippen molar-refractivity contribution in [3.8, 4) is 11.6 Å². The maximum atomic E-state index is 11.3. The Morgan fingerprint density at radius 3 is 2.84 bits per heavy atom. The van der Waals surface area contributed by atoms with Crippen molar-refractivity contribution in [2.45, 2.75) is 26.2 Å². The van der Waals surface area contributed by atoms with Gasteiger partial charge in [-0.15, -0.1) is 0 Å². The number of aromatic nitrogens is 1. The van der Waals surface area contributed by atoms with Crippen molar-refractivity contribution < 1.29 is 9.53 Å². The Labute approximate surface area is 112 Å². The summed E-state index contributed by atoms with van der Waals surface area (Å²) >= 11 is 0. The highest BCUT2D eigenvalue weighted by Crippen LogP contribution is 2.28. The fourth-order valence-electron chi connectivity index (χ4n) is 2.42. The maximum Gasteiger partial charge on any atom is 0.219 e. The summed E-state index contributed by atoms with van der Waals surface area (Å²) in [5.41, 5.74) is 3.39. The van der Waals surface area contributed by atoms with Crippen LogP contribution in [-0.2, 0) is 12.8 Å². The normalized spacial score (nSPS) is 13.1. The van der Waals surface area contributed by atoms with Gasteiger partial charge in [-0.3, -0.25) is 4.79 Å². The van der Waals surface area contributed by atoms with Gasteiger partial charge in [-0.2, -0.15) is 0 Å². The van der Waals surface area contributed by atoms with Crippen molar-refractivity contribution in [3.05, 3.63) is 53.2 Å². The molecule has 1 aliphatic carbocycles. The molecule has 1 aliphatic rings. The molecule has 2 aromatic rings. The number of ether oxygens (including phenoxy) is 1. The highest BCUT2D eigenvalue weighted by molar-refractivity contribution is 5.94. The number of rotatable bonds is 3. The summed E-state index contributed by atoms with van der Waals surface area (Å²) in [6.45, 7) is 1.54. The van der Waals surface area contributed by atoms with Gasteiger partial charge in [0.1, 0.15) is 5.75 Å². The molecule has 19 heavy (non-hydrogen) atoms. The quantitative estimate of drug-likeness (QED) is 0.785. The van der Waals surface area contributed by atoms with Crippen molar-refractivity contribution in [3.63, 3.8) is 0 Å². The number of hydrogen-bond donors (Lipinski definition) is 0. The van der Waals surface area contributed by atoms with E-state index < -0.39 is 0 Å². The van der Waals surface area contributed by atoms with Crippen molar-refractivity contribution in [1.82, 2.24) is 4.98 Å². The van der Waals surface area contributed by atoms with Crippen LogP contribution in [0.4, 0.5) is 0 Å². The van der Waals surface area contributed by atoms with Gasteiger partial charge in [-0.25, -0.2) is 4.98 Å². The van der Waals surface area contributed by atoms with Crippen molar-refractivity contribution >= 4 is 5.78 Å². The van der Waals surface area contributed by atoms with Crippen LogP contribution in [0, 0.1) is 0 Å². The van der Waals surface area contributed by atoms with Gasteiger partial charge < -0.3 is 4.74 Å². The molecule has 0 saturated carbocycles. The first-order chi connectivity index (χ1) is 9.22. The van der Waals surface area contributed by atoms with Crippen LogP contribution in [0.3, 0.4) is 0 Å². The summed E-state index contributed by atoms with van der Waals surface area (Å²) in [7, 11) is 0. The van der Waals surface area contributed by atoms with E-state index in [1.54, 1.807) is 18.3 Å². The van der Waals surface area contributed by atoms with Crippen LogP contribution in [0.1, 0.15) is 34.8 Å². The summed E-state index contributed by atoms with van der Waals surface area (Å²) in [5.74, 6) is 1.26. The van der Waals surface area contributed by atoms with Gasteiger partial charge in [0.15, 0.2) is 5.78 Å². The summed E-state index contributed by atoms with van der Waals surface area (Å²) in [5, 5.41) is 0. The average molecular weight is 253 g/mol. The lowest BCUT2D eigenvalue weighted by atomic mass is 10.1. The zero-order valence-electron chi connectivity index (χ0n) is 10.8. The van der Waals surface area contributed by atoms with E-state index in [2.05, 4.69) is 17.1 Å².